The first-order valence-corrected chi connectivity index (χ1v) is 11.0. The third-order valence-corrected chi connectivity index (χ3v) is 5.39. The highest BCUT2D eigenvalue weighted by atomic mass is 32.1. The van der Waals surface area contributed by atoms with Crippen LogP contribution in [0.2, 0.25) is 0 Å². The van der Waals surface area contributed by atoms with Gasteiger partial charge in [0.1, 0.15) is 23.8 Å². The van der Waals surface area contributed by atoms with Crippen LogP contribution < -0.4 is 20.1 Å². The van der Waals surface area contributed by atoms with Crippen LogP contribution in [0, 0.1) is 6.92 Å². The summed E-state index contributed by atoms with van der Waals surface area (Å²) in [6, 6.07) is 17.9. The van der Waals surface area contributed by atoms with Crippen molar-refractivity contribution in [3.8, 4) is 11.5 Å². The number of benzene rings is 2. The lowest BCUT2D eigenvalue weighted by atomic mass is 10.2. The SMILES string of the molecule is COc1ccc(C(=O)N/C(=C\c2cccs2)C(=O)NC(C)COc2ccc(C)cc2)cc1. The molecule has 2 amide bonds. The van der Waals surface area contributed by atoms with E-state index in [2.05, 4.69) is 10.6 Å². The quantitative estimate of drug-likeness (QED) is 0.473. The van der Waals surface area contributed by atoms with E-state index >= 15 is 0 Å². The molecule has 0 spiro atoms. The summed E-state index contributed by atoms with van der Waals surface area (Å²) in [4.78, 5) is 26.5. The Morgan fingerprint density at radius 1 is 1.03 bits per heavy atom. The minimum Gasteiger partial charge on any atom is -0.497 e. The maximum absolute atomic E-state index is 12.9. The molecule has 1 aromatic heterocycles. The first kappa shape index (κ1) is 23.1. The summed E-state index contributed by atoms with van der Waals surface area (Å²) in [6.45, 7) is 4.15. The molecule has 1 heterocycles. The smallest absolute Gasteiger partial charge is 0.268 e. The van der Waals surface area contributed by atoms with Crippen LogP contribution in [0.4, 0.5) is 0 Å². The van der Waals surface area contributed by atoms with Gasteiger partial charge in [0, 0.05) is 10.4 Å². The lowest BCUT2D eigenvalue weighted by Crippen LogP contribution is -2.41. The van der Waals surface area contributed by atoms with Crippen LogP contribution in [-0.4, -0.2) is 31.6 Å². The van der Waals surface area contributed by atoms with Crippen molar-refractivity contribution in [2.24, 2.45) is 0 Å². The Morgan fingerprint density at radius 3 is 2.34 bits per heavy atom. The number of rotatable bonds is 9. The standard InChI is InChI=1S/C25H26N2O4S/c1-17-6-10-21(11-7-17)31-16-18(2)26-25(29)23(15-22-5-4-14-32-22)27-24(28)19-8-12-20(30-3)13-9-19/h4-15,18H,16H2,1-3H3,(H,26,29)(H,27,28)/b23-15-. The Balaban J connectivity index is 1.66. The Hall–Kier alpha value is -3.58. The number of hydrogen-bond acceptors (Lipinski definition) is 5. The zero-order valence-corrected chi connectivity index (χ0v) is 19.1. The van der Waals surface area contributed by atoms with Crippen molar-refractivity contribution in [1.29, 1.82) is 0 Å². The number of ether oxygens (including phenoxy) is 2. The van der Waals surface area contributed by atoms with E-state index in [0.717, 1.165) is 16.2 Å². The van der Waals surface area contributed by atoms with Crippen molar-refractivity contribution in [3.63, 3.8) is 0 Å². The molecule has 0 saturated heterocycles. The van der Waals surface area contributed by atoms with Crippen LogP contribution in [0.25, 0.3) is 6.08 Å². The fourth-order valence-corrected chi connectivity index (χ4v) is 3.47. The van der Waals surface area contributed by atoms with Crippen LogP contribution >= 0.6 is 11.3 Å². The molecular formula is C25H26N2O4S. The lowest BCUT2D eigenvalue weighted by molar-refractivity contribution is -0.118. The Morgan fingerprint density at radius 2 is 1.72 bits per heavy atom. The highest BCUT2D eigenvalue weighted by molar-refractivity contribution is 7.10. The molecule has 0 saturated carbocycles. The summed E-state index contributed by atoms with van der Waals surface area (Å²) in [5, 5.41) is 7.52. The number of carbonyl (C=O) groups is 2. The van der Waals surface area contributed by atoms with Gasteiger partial charge in [-0.2, -0.15) is 0 Å². The van der Waals surface area contributed by atoms with E-state index in [1.165, 1.54) is 11.3 Å². The molecule has 7 heteroatoms. The molecule has 1 atom stereocenters. The van der Waals surface area contributed by atoms with E-state index in [9.17, 15) is 9.59 Å². The number of hydrogen-bond donors (Lipinski definition) is 2. The number of methoxy groups -OCH3 is 1. The van der Waals surface area contributed by atoms with Crippen LogP contribution in [0.15, 0.2) is 71.7 Å². The largest absolute Gasteiger partial charge is 0.497 e. The normalized spacial score (nSPS) is 12.0. The van der Waals surface area contributed by atoms with E-state index in [0.29, 0.717) is 17.9 Å². The van der Waals surface area contributed by atoms with Gasteiger partial charge in [0.2, 0.25) is 0 Å². The third-order valence-electron chi connectivity index (χ3n) is 4.57. The van der Waals surface area contributed by atoms with Gasteiger partial charge in [-0.3, -0.25) is 9.59 Å². The van der Waals surface area contributed by atoms with Gasteiger partial charge < -0.3 is 20.1 Å². The van der Waals surface area contributed by atoms with Crippen LogP contribution in [0.3, 0.4) is 0 Å². The number of thiophene rings is 1. The zero-order valence-electron chi connectivity index (χ0n) is 18.3. The van der Waals surface area contributed by atoms with Crippen molar-refractivity contribution < 1.29 is 19.1 Å². The van der Waals surface area contributed by atoms with Gasteiger partial charge in [0.05, 0.1) is 13.2 Å². The summed E-state index contributed by atoms with van der Waals surface area (Å²) in [6.07, 6.45) is 1.66. The highest BCUT2D eigenvalue weighted by Crippen LogP contribution is 2.15. The molecule has 6 nitrogen and oxygen atoms in total. The molecule has 3 aromatic rings. The fourth-order valence-electron chi connectivity index (χ4n) is 2.81. The minimum atomic E-state index is -0.389. The summed E-state index contributed by atoms with van der Waals surface area (Å²) < 4.78 is 10.9. The van der Waals surface area contributed by atoms with Crippen molar-refractivity contribution in [2.75, 3.05) is 13.7 Å². The highest BCUT2D eigenvalue weighted by Gasteiger charge is 2.17. The molecule has 0 bridgehead atoms. The predicted molar refractivity (Wildman–Crippen MR) is 127 cm³/mol. The number of amides is 2. The molecule has 3 rings (SSSR count). The molecule has 166 valence electrons. The molecule has 32 heavy (non-hydrogen) atoms. The second-order valence-corrected chi connectivity index (χ2v) is 8.23. The first-order chi connectivity index (χ1) is 15.4. The van der Waals surface area contributed by atoms with E-state index < -0.39 is 0 Å². The van der Waals surface area contributed by atoms with Crippen molar-refractivity contribution >= 4 is 29.2 Å². The molecule has 1 unspecified atom stereocenters. The molecule has 0 fully saturated rings. The number of carbonyl (C=O) groups excluding carboxylic acids is 2. The Bertz CT molecular complexity index is 1060. The van der Waals surface area contributed by atoms with Gasteiger partial charge in [-0.05, 0) is 67.8 Å². The summed E-state index contributed by atoms with van der Waals surface area (Å²) in [5.41, 5.74) is 1.73. The van der Waals surface area contributed by atoms with Crippen molar-refractivity contribution in [3.05, 3.63) is 87.7 Å². The number of aryl methyl sites for hydroxylation is 1. The fraction of sp³-hybridized carbons (Fsp3) is 0.200. The Labute approximate surface area is 191 Å². The monoisotopic (exact) mass is 450 g/mol. The topological polar surface area (TPSA) is 76.7 Å². The zero-order chi connectivity index (χ0) is 22.9. The summed E-state index contributed by atoms with van der Waals surface area (Å²) in [5.74, 6) is 0.615. The predicted octanol–water partition coefficient (Wildman–Crippen LogP) is 4.42. The van der Waals surface area contributed by atoms with E-state index in [-0.39, 0.29) is 23.6 Å². The van der Waals surface area contributed by atoms with Crippen molar-refractivity contribution in [1.82, 2.24) is 10.6 Å². The first-order valence-electron chi connectivity index (χ1n) is 10.2. The van der Waals surface area contributed by atoms with E-state index in [1.807, 2.05) is 55.6 Å². The molecule has 0 aliphatic rings. The van der Waals surface area contributed by atoms with Gasteiger partial charge >= 0.3 is 0 Å². The molecule has 2 N–H and O–H groups in total. The van der Waals surface area contributed by atoms with Gasteiger partial charge in [-0.25, -0.2) is 0 Å². The van der Waals surface area contributed by atoms with Gasteiger partial charge in [-0.15, -0.1) is 11.3 Å². The second-order valence-electron chi connectivity index (χ2n) is 7.25. The van der Waals surface area contributed by atoms with Crippen LogP contribution in [0.5, 0.6) is 11.5 Å². The van der Waals surface area contributed by atoms with Crippen LogP contribution in [-0.2, 0) is 4.79 Å². The molecule has 0 aliphatic heterocycles. The minimum absolute atomic E-state index is 0.162. The van der Waals surface area contributed by atoms with E-state index in [1.54, 1.807) is 37.5 Å². The average Bonchev–Trinajstić information content (AvgIpc) is 3.31. The second kappa shape index (κ2) is 11.2. The number of nitrogens with one attached hydrogen (secondary N) is 2. The Kier molecular flexibility index (Phi) is 8.05. The molecule has 2 aromatic carbocycles. The van der Waals surface area contributed by atoms with Gasteiger partial charge in [0.25, 0.3) is 11.8 Å². The average molecular weight is 451 g/mol. The van der Waals surface area contributed by atoms with E-state index in [4.69, 9.17) is 9.47 Å². The van der Waals surface area contributed by atoms with Gasteiger partial charge in [-0.1, -0.05) is 23.8 Å². The maximum Gasteiger partial charge on any atom is 0.268 e. The van der Waals surface area contributed by atoms with Crippen LogP contribution in [0.1, 0.15) is 27.7 Å². The van der Waals surface area contributed by atoms with Gasteiger partial charge in [0.15, 0.2) is 0 Å². The summed E-state index contributed by atoms with van der Waals surface area (Å²) >= 11 is 1.48. The third kappa shape index (κ3) is 6.72. The molecule has 0 aliphatic carbocycles. The summed E-state index contributed by atoms with van der Waals surface area (Å²) in [7, 11) is 1.56. The van der Waals surface area contributed by atoms with Crippen molar-refractivity contribution in [2.45, 2.75) is 19.9 Å². The maximum atomic E-state index is 12.9. The molecule has 0 radical (unpaired) electrons. The lowest BCUT2D eigenvalue weighted by Gasteiger charge is -2.17. The molecular weight excluding hydrogens is 424 g/mol.